The largest absolute Gasteiger partial charge is 0.315 e. The summed E-state index contributed by atoms with van der Waals surface area (Å²) in [6, 6.07) is 7.23. The van der Waals surface area contributed by atoms with Gasteiger partial charge in [-0.1, -0.05) is 12.1 Å². The lowest BCUT2D eigenvalue weighted by Gasteiger charge is -2.10. The molecule has 1 heterocycles. The summed E-state index contributed by atoms with van der Waals surface area (Å²) in [4.78, 5) is 0. The van der Waals surface area contributed by atoms with Crippen LogP contribution in [0.3, 0.4) is 0 Å². The molecule has 4 heteroatoms. The molecule has 1 atom stereocenters. The van der Waals surface area contributed by atoms with Gasteiger partial charge in [0.15, 0.2) is 0 Å². The zero-order valence-corrected chi connectivity index (χ0v) is 9.32. The minimum absolute atomic E-state index is 0. The van der Waals surface area contributed by atoms with Crippen LogP contribution in [0, 0.1) is 5.82 Å². The SMILES string of the molecule is Cl.Fc1ccc(CNC2CCNC2)cc1. The highest BCUT2D eigenvalue weighted by atomic mass is 35.5. The van der Waals surface area contributed by atoms with E-state index in [1.54, 1.807) is 0 Å². The summed E-state index contributed by atoms with van der Waals surface area (Å²) in [6.45, 7) is 2.97. The average Bonchev–Trinajstić information content (AvgIpc) is 2.70. The lowest BCUT2D eigenvalue weighted by molar-refractivity contribution is 0.546. The second-order valence-electron chi connectivity index (χ2n) is 3.70. The van der Waals surface area contributed by atoms with Gasteiger partial charge in [-0.2, -0.15) is 0 Å². The third-order valence-corrected chi connectivity index (χ3v) is 2.57. The van der Waals surface area contributed by atoms with E-state index in [1.807, 2.05) is 12.1 Å². The number of benzene rings is 1. The van der Waals surface area contributed by atoms with Gasteiger partial charge in [-0.15, -0.1) is 12.4 Å². The zero-order valence-electron chi connectivity index (χ0n) is 8.50. The molecule has 1 saturated heterocycles. The fourth-order valence-electron chi connectivity index (χ4n) is 1.69. The van der Waals surface area contributed by atoms with Gasteiger partial charge < -0.3 is 10.6 Å². The van der Waals surface area contributed by atoms with Crippen LogP contribution in [-0.4, -0.2) is 19.1 Å². The molecule has 0 amide bonds. The van der Waals surface area contributed by atoms with E-state index in [2.05, 4.69) is 10.6 Å². The van der Waals surface area contributed by atoms with Crippen LogP contribution in [0.1, 0.15) is 12.0 Å². The summed E-state index contributed by atoms with van der Waals surface area (Å²) >= 11 is 0. The maximum atomic E-state index is 12.6. The van der Waals surface area contributed by atoms with Crippen molar-refractivity contribution in [3.63, 3.8) is 0 Å². The number of halogens is 2. The molecule has 0 aliphatic carbocycles. The van der Waals surface area contributed by atoms with Crippen LogP contribution < -0.4 is 10.6 Å². The molecule has 2 nitrogen and oxygen atoms in total. The predicted molar refractivity (Wildman–Crippen MR) is 61.8 cm³/mol. The summed E-state index contributed by atoms with van der Waals surface area (Å²) in [5, 5.41) is 6.73. The third-order valence-electron chi connectivity index (χ3n) is 2.57. The maximum Gasteiger partial charge on any atom is 0.123 e. The number of rotatable bonds is 3. The van der Waals surface area contributed by atoms with E-state index in [-0.39, 0.29) is 18.2 Å². The standard InChI is InChI=1S/C11H15FN2.ClH/c12-10-3-1-9(2-4-10)7-14-11-5-6-13-8-11;/h1-4,11,13-14H,5-8H2;1H. The Hall–Kier alpha value is -0.640. The van der Waals surface area contributed by atoms with Crippen molar-refractivity contribution in [3.8, 4) is 0 Å². The van der Waals surface area contributed by atoms with Crippen LogP contribution in [0.5, 0.6) is 0 Å². The number of hydrogen-bond acceptors (Lipinski definition) is 2. The predicted octanol–water partition coefficient (Wildman–Crippen LogP) is 1.70. The fraction of sp³-hybridized carbons (Fsp3) is 0.455. The Labute approximate surface area is 95.7 Å². The van der Waals surface area contributed by atoms with Crippen LogP contribution in [-0.2, 0) is 6.54 Å². The molecule has 2 rings (SSSR count). The lowest BCUT2D eigenvalue weighted by atomic mass is 10.2. The first-order valence-corrected chi connectivity index (χ1v) is 5.03. The average molecular weight is 231 g/mol. The Kier molecular flexibility index (Phi) is 5.02. The van der Waals surface area contributed by atoms with Crippen molar-refractivity contribution in [2.75, 3.05) is 13.1 Å². The van der Waals surface area contributed by atoms with Crippen LogP contribution in [0.4, 0.5) is 4.39 Å². The molecule has 1 aliphatic rings. The van der Waals surface area contributed by atoms with Gasteiger partial charge >= 0.3 is 0 Å². The Balaban J connectivity index is 0.00000112. The number of hydrogen-bond donors (Lipinski definition) is 2. The molecule has 0 aromatic heterocycles. The van der Waals surface area contributed by atoms with Crippen LogP contribution in [0.25, 0.3) is 0 Å². The van der Waals surface area contributed by atoms with Crippen molar-refractivity contribution >= 4 is 12.4 Å². The van der Waals surface area contributed by atoms with Crippen molar-refractivity contribution < 1.29 is 4.39 Å². The van der Waals surface area contributed by atoms with Gasteiger partial charge in [0, 0.05) is 19.1 Å². The van der Waals surface area contributed by atoms with E-state index in [9.17, 15) is 4.39 Å². The van der Waals surface area contributed by atoms with Crippen molar-refractivity contribution in [1.82, 2.24) is 10.6 Å². The van der Waals surface area contributed by atoms with Gasteiger partial charge in [0.1, 0.15) is 5.82 Å². The Bertz CT molecular complexity index is 283. The van der Waals surface area contributed by atoms with Crippen molar-refractivity contribution in [3.05, 3.63) is 35.6 Å². The summed E-state index contributed by atoms with van der Waals surface area (Å²) in [7, 11) is 0. The summed E-state index contributed by atoms with van der Waals surface area (Å²) in [5.41, 5.74) is 1.14. The molecule has 0 radical (unpaired) electrons. The molecule has 1 fully saturated rings. The molecule has 15 heavy (non-hydrogen) atoms. The lowest BCUT2D eigenvalue weighted by Crippen LogP contribution is -2.30. The summed E-state index contributed by atoms with van der Waals surface area (Å²) in [5.74, 6) is -0.170. The Morgan fingerprint density at radius 1 is 1.33 bits per heavy atom. The minimum Gasteiger partial charge on any atom is -0.315 e. The molecule has 1 aromatic rings. The van der Waals surface area contributed by atoms with Crippen molar-refractivity contribution in [1.29, 1.82) is 0 Å². The van der Waals surface area contributed by atoms with Gasteiger partial charge in [-0.25, -0.2) is 4.39 Å². The first kappa shape index (κ1) is 12.4. The van der Waals surface area contributed by atoms with E-state index in [4.69, 9.17) is 0 Å². The quantitative estimate of drug-likeness (QED) is 0.826. The van der Waals surface area contributed by atoms with Gasteiger partial charge in [0.05, 0.1) is 0 Å². The first-order valence-electron chi connectivity index (χ1n) is 5.03. The molecule has 1 unspecified atom stereocenters. The molecule has 1 aliphatic heterocycles. The molecule has 0 spiro atoms. The normalized spacial score (nSPS) is 19.9. The smallest absolute Gasteiger partial charge is 0.123 e. The fourth-order valence-corrected chi connectivity index (χ4v) is 1.69. The summed E-state index contributed by atoms with van der Waals surface area (Å²) < 4.78 is 12.6. The van der Waals surface area contributed by atoms with E-state index in [0.29, 0.717) is 6.04 Å². The monoisotopic (exact) mass is 230 g/mol. The molecule has 1 aromatic carbocycles. The Morgan fingerprint density at radius 2 is 2.07 bits per heavy atom. The van der Waals surface area contributed by atoms with Gasteiger partial charge in [0.25, 0.3) is 0 Å². The maximum absolute atomic E-state index is 12.6. The highest BCUT2D eigenvalue weighted by Crippen LogP contribution is 2.04. The van der Waals surface area contributed by atoms with Gasteiger partial charge in [-0.3, -0.25) is 0 Å². The summed E-state index contributed by atoms with van der Waals surface area (Å²) in [6.07, 6.45) is 1.18. The van der Waals surface area contributed by atoms with E-state index < -0.39 is 0 Å². The zero-order chi connectivity index (χ0) is 9.80. The molecular formula is C11H16ClFN2. The van der Waals surface area contributed by atoms with Crippen LogP contribution >= 0.6 is 12.4 Å². The van der Waals surface area contributed by atoms with Crippen molar-refractivity contribution in [2.45, 2.75) is 19.0 Å². The van der Waals surface area contributed by atoms with E-state index in [1.165, 1.54) is 18.6 Å². The molecule has 0 bridgehead atoms. The van der Waals surface area contributed by atoms with Crippen LogP contribution in [0.15, 0.2) is 24.3 Å². The molecule has 84 valence electrons. The second-order valence-corrected chi connectivity index (χ2v) is 3.70. The van der Waals surface area contributed by atoms with Gasteiger partial charge in [0.2, 0.25) is 0 Å². The van der Waals surface area contributed by atoms with E-state index in [0.717, 1.165) is 25.2 Å². The topological polar surface area (TPSA) is 24.1 Å². The molecule has 2 N–H and O–H groups in total. The number of nitrogens with one attached hydrogen (secondary N) is 2. The van der Waals surface area contributed by atoms with E-state index >= 15 is 0 Å². The highest BCUT2D eigenvalue weighted by Gasteiger charge is 2.12. The van der Waals surface area contributed by atoms with Crippen molar-refractivity contribution in [2.24, 2.45) is 0 Å². The minimum atomic E-state index is -0.170. The first-order chi connectivity index (χ1) is 6.84. The Morgan fingerprint density at radius 3 is 2.67 bits per heavy atom. The highest BCUT2D eigenvalue weighted by molar-refractivity contribution is 5.85. The molecular weight excluding hydrogens is 215 g/mol. The molecule has 0 saturated carbocycles. The van der Waals surface area contributed by atoms with Crippen LogP contribution in [0.2, 0.25) is 0 Å². The third kappa shape index (κ3) is 3.78. The second kappa shape index (κ2) is 6.05. The van der Waals surface area contributed by atoms with Gasteiger partial charge in [-0.05, 0) is 30.7 Å².